The number of rotatable bonds is 4. The van der Waals surface area contributed by atoms with Gasteiger partial charge in [0, 0.05) is 0 Å². The van der Waals surface area contributed by atoms with Gasteiger partial charge in [-0.1, -0.05) is 30.3 Å². The van der Waals surface area contributed by atoms with Gasteiger partial charge in [-0.25, -0.2) is 4.79 Å². The lowest BCUT2D eigenvalue weighted by molar-refractivity contribution is -0.514. The zero-order valence-electron chi connectivity index (χ0n) is 10.6. The Morgan fingerprint density at radius 2 is 1.76 bits per heavy atom. The maximum Gasteiger partial charge on any atom is 0.352 e. The third-order valence-electron chi connectivity index (χ3n) is 2.05. The quantitative estimate of drug-likeness (QED) is 0.597. The monoisotopic (exact) mass is 238 g/mol. The Bertz CT molecular complexity index is 353. The molecular formula is C13H18O4. The molecule has 4 nitrogen and oxygen atoms in total. The van der Waals surface area contributed by atoms with Crippen LogP contribution in [-0.2, 0) is 19.6 Å². The van der Waals surface area contributed by atoms with Gasteiger partial charge in [0.25, 0.3) is 0 Å². The van der Waals surface area contributed by atoms with Crippen molar-refractivity contribution in [1.82, 2.24) is 0 Å². The van der Waals surface area contributed by atoms with Gasteiger partial charge < -0.3 is 0 Å². The van der Waals surface area contributed by atoms with Crippen molar-refractivity contribution in [1.29, 1.82) is 0 Å². The first-order chi connectivity index (χ1) is 7.90. The molecule has 94 valence electrons. The minimum absolute atomic E-state index is 0.389. The zero-order chi connectivity index (χ0) is 12.9. The van der Waals surface area contributed by atoms with E-state index in [1.165, 1.54) is 0 Å². The number of carbonyl (C=O) groups is 1. The summed E-state index contributed by atoms with van der Waals surface area (Å²) in [5.74, 6) is -0.875. The molecule has 1 unspecified atom stereocenters. The second-order valence-electron chi connectivity index (χ2n) is 4.80. The van der Waals surface area contributed by atoms with Crippen LogP contribution in [0.5, 0.6) is 0 Å². The summed E-state index contributed by atoms with van der Waals surface area (Å²) in [6, 6.07) is 9.34. The maximum atomic E-state index is 11.6. The van der Waals surface area contributed by atoms with Gasteiger partial charge in [-0.15, -0.1) is 0 Å². The van der Waals surface area contributed by atoms with Crippen LogP contribution in [-0.4, -0.2) is 11.6 Å². The zero-order valence-corrected chi connectivity index (χ0v) is 10.6. The van der Waals surface area contributed by atoms with E-state index in [0.29, 0.717) is 0 Å². The van der Waals surface area contributed by atoms with Crippen molar-refractivity contribution in [3.8, 4) is 0 Å². The predicted molar refractivity (Wildman–Crippen MR) is 62.9 cm³/mol. The smallest absolute Gasteiger partial charge is 0.268 e. The van der Waals surface area contributed by atoms with Gasteiger partial charge in [0.1, 0.15) is 0 Å². The third-order valence-corrected chi connectivity index (χ3v) is 2.05. The largest absolute Gasteiger partial charge is 0.352 e. The van der Waals surface area contributed by atoms with Gasteiger partial charge in [0.05, 0.1) is 11.5 Å². The fourth-order valence-corrected chi connectivity index (χ4v) is 1.10. The summed E-state index contributed by atoms with van der Waals surface area (Å²) in [7, 11) is 0. The van der Waals surface area contributed by atoms with Crippen LogP contribution in [0.15, 0.2) is 30.3 Å². The normalized spacial score (nSPS) is 13.2. The molecule has 1 atom stereocenters. The topological polar surface area (TPSA) is 44.8 Å². The van der Waals surface area contributed by atoms with Crippen LogP contribution in [0.2, 0.25) is 0 Å². The summed E-state index contributed by atoms with van der Waals surface area (Å²) < 4.78 is 0. The molecule has 0 aliphatic carbocycles. The van der Waals surface area contributed by atoms with E-state index < -0.39 is 11.6 Å². The lowest BCUT2D eigenvalue weighted by Gasteiger charge is -2.16. The molecule has 0 radical (unpaired) electrons. The van der Waals surface area contributed by atoms with Gasteiger partial charge in [-0.05, 0) is 38.3 Å². The van der Waals surface area contributed by atoms with E-state index in [4.69, 9.17) is 4.89 Å². The van der Waals surface area contributed by atoms with Gasteiger partial charge in [-0.3, -0.25) is 4.89 Å². The van der Waals surface area contributed by atoms with Crippen molar-refractivity contribution < 1.29 is 19.6 Å². The Hall–Kier alpha value is -1.39. The molecule has 1 aromatic carbocycles. The molecule has 4 heteroatoms. The van der Waals surface area contributed by atoms with Gasteiger partial charge in [0.2, 0.25) is 0 Å². The molecule has 0 fully saturated rings. The van der Waals surface area contributed by atoms with Crippen molar-refractivity contribution in [3.63, 3.8) is 0 Å². The molecule has 17 heavy (non-hydrogen) atoms. The van der Waals surface area contributed by atoms with E-state index in [0.717, 1.165) is 5.56 Å². The molecule has 0 aliphatic heterocycles. The second-order valence-corrected chi connectivity index (χ2v) is 4.80. The standard InChI is InChI=1S/C13H18O4/c1-10(11-8-6-5-7-9-11)12(14)15-17-16-13(2,3)4/h5-10H,1-4H3. The SMILES string of the molecule is CC(C(=O)OOOC(C)(C)C)c1ccccc1. The first-order valence-corrected chi connectivity index (χ1v) is 5.51. The minimum atomic E-state index is -0.518. The number of benzene rings is 1. The van der Waals surface area contributed by atoms with Crippen molar-refractivity contribution in [2.24, 2.45) is 0 Å². The van der Waals surface area contributed by atoms with Crippen molar-refractivity contribution >= 4 is 5.97 Å². The molecule has 0 amide bonds. The molecule has 0 saturated heterocycles. The fraction of sp³-hybridized carbons (Fsp3) is 0.462. The molecular weight excluding hydrogens is 220 g/mol. The Morgan fingerprint density at radius 3 is 2.29 bits per heavy atom. The molecule has 0 bridgehead atoms. The number of hydrogen-bond donors (Lipinski definition) is 0. The molecule has 1 aromatic rings. The molecule has 1 rings (SSSR count). The summed E-state index contributed by atoms with van der Waals surface area (Å²) in [5, 5.41) is 4.45. The van der Waals surface area contributed by atoms with E-state index in [2.05, 4.69) is 9.93 Å². The van der Waals surface area contributed by atoms with Crippen molar-refractivity contribution in [2.75, 3.05) is 0 Å². The Balaban J connectivity index is 2.43. The fourth-order valence-electron chi connectivity index (χ4n) is 1.10. The predicted octanol–water partition coefficient (Wildman–Crippen LogP) is 3.00. The lowest BCUT2D eigenvalue weighted by atomic mass is 10.0. The van der Waals surface area contributed by atoms with Crippen LogP contribution in [0.25, 0.3) is 0 Å². The average Bonchev–Trinajstić information content (AvgIpc) is 2.27. The first-order valence-electron chi connectivity index (χ1n) is 5.51. The van der Waals surface area contributed by atoms with Crippen molar-refractivity contribution in [3.05, 3.63) is 35.9 Å². The van der Waals surface area contributed by atoms with Crippen LogP contribution >= 0.6 is 0 Å². The minimum Gasteiger partial charge on any atom is -0.268 e. The third kappa shape index (κ3) is 4.97. The Morgan fingerprint density at radius 1 is 1.18 bits per heavy atom. The summed E-state index contributed by atoms with van der Waals surface area (Å²) in [6.45, 7) is 7.13. The Labute approximate surface area is 101 Å². The van der Waals surface area contributed by atoms with Crippen LogP contribution in [0.3, 0.4) is 0 Å². The highest BCUT2D eigenvalue weighted by molar-refractivity contribution is 5.77. The second kappa shape index (κ2) is 5.80. The molecule has 0 saturated carbocycles. The number of hydrogen-bond acceptors (Lipinski definition) is 4. The molecule has 0 aromatic heterocycles. The molecule has 0 spiro atoms. The van der Waals surface area contributed by atoms with E-state index in [-0.39, 0.29) is 5.92 Å². The highest BCUT2D eigenvalue weighted by Crippen LogP contribution is 2.17. The molecule has 0 N–H and O–H groups in total. The maximum absolute atomic E-state index is 11.6. The van der Waals surface area contributed by atoms with Crippen LogP contribution in [0.4, 0.5) is 0 Å². The summed E-state index contributed by atoms with van der Waals surface area (Å²) in [5.41, 5.74) is 0.354. The van der Waals surface area contributed by atoms with E-state index in [9.17, 15) is 4.79 Å². The molecule has 0 aliphatic rings. The summed E-state index contributed by atoms with van der Waals surface area (Å²) >= 11 is 0. The van der Waals surface area contributed by atoms with Crippen molar-refractivity contribution in [2.45, 2.75) is 39.2 Å². The lowest BCUT2D eigenvalue weighted by Crippen LogP contribution is -2.22. The van der Waals surface area contributed by atoms with Gasteiger partial charge in [0.15, 0.2) is 0 Å². The molecule has 0 heterocycles. The van der Waals surface area contributed by atoms with Crippen LogP contribution < -0.4 is 0 Å². The summed E-state index contributed by atoms with van der Waals surface area (Å²) in [4.78, 5) is 21.0. The highest BCUT2D eigenvalue weighted by atomic mass is 17.5. The van der Waals surface area contributed by atoms with Gasteiger partial charge in [-0.2, -0.15) is 4.89 Å². The Kier molecular flexibility index (Phi) is 4.66. The average molecular weight is 238 g/mol. The van der Waals surface area contributed by atoms with E-state index in [1.807, 2.05) is 30.3 Å². The first kappa shape index (κ1) is 13.7. The number of carbonyl (C=O) groups excluding carboxylic acids is 1. The summed E-state index contributed by atoms with van der Waals surface area (Å²) in [6.07, 6.45) is 0. The van der Waals surface area contributed by atoms with Crippen LogP contribution in [0, 0.1) is 0 Å². The van der Waals surface area contributed by atoms with E-state index in [1.54, 1.807) is 27.7 Å². The highest BCUT2D eigenvalue weighted by Gasteiger charge is 2.20. The van der Waals surface area contributed by atoms with E-state index >= 15 is 0 Å². The van der Waals surface area contributed by atoms with Gasteiger partial charge >= 0.3 is 5.97 Å². The van der Waals surface area contributed by atoms with Crippen LogP contribution in [0.1, 0.15) is 39.2 Å².